The lowest BCUT2D eigenvalue weighted by molar-refractivity contribution is -0.112. The molecule has 0 bridgehead atoms. The second-order valence-electron chi connectivity index (χ2n) is 7.77. The van der Waals surface area contributed by atoms with Crippen molar-refractivity contribution in [3.63, 3.8) is 0 Å². The van der Waals surface area contributed by atoms with Crippen LogP contribution in [-0.2, 0) is 27.4 Å². The molecule has 1 saturated heterocycles. The van der Waals surface area contributed by atoms with Gasteiger partial charge in [0.15, 0.2) is 12.5 Å². The molecule has 2 N–H and O–H groups in total. The molecule has 33 heavy (non-hydrogen) atoms. The van der Waals surface area contributed by atoms with E-state index in [0.29, 0.717) is 60.1 Å². The van der Waals surface area contributed by atoms with E-state index in [2.05, 4.69) is 10.5 Å². The van der Waals surface area contributed by atoms with E-state index in [1.807, 2.05) is 0 Å². The second kappa shape index (κ2) is 8.68. The molecule has 0 aromatic heterocycles. The maximum absolute atomic E-state index is 14.2. The van der Waals surface area contributed by atoms with E-state index >= 15 is 0 Å². The molecule has 2 aromatic carbocycles. The molecule has 0 unspecified atom stereocenters. The summed E-state index contributed by atoms with van der Waals surface area (Å²) in [5, 5.41) is 15.4. The van der Waals surface area contributed by atoms with Gasteiger partial charge in [0, 0.05) is 35.5 Å². The van der Waals surface area contributed by atoms with Crippen LogP contribution in [0.15, 0.2) is 35.5 Å². The number of urea groups is 1. The molecule has 0 saturated carbocycles. The first-order chi connectivity index (χ1) is 16.0. The van der Waals surface area contributed by atoms with E-state index < -0.39 is 11.7 Å². The van der Waals surface area contributed by atoms with E-state index in [-0.39, 0.29) is 31.7 Å². The fourth-order valence-corrected chi connectivity index (χ4v) is 4.15. The van der Waals surface area contributed by atoms with Gasteiger partial charge < -0.3 is 34.5 Å². The van der Waals surface area contributed by atoms with E-state index in [9.17, 15) is 19.2 Å². The van der Waals surface area contributed by atoms with Crippen LogP contribution in [0.5, 0.6) is 5.75 Å². The molecular weight excluding hydrogens is 435 g/mol. The first-order valence-corrected chi connectivity index (χ1v) is 10.4. The summed E-state index contributed by atoms with van der Waals surface area (Å²) in [6, 6.07) is 7.20. The third-order valence-corrected chi connectivity index (χ3v) is 5.72. The van der Waals surface area contributed by atoms with Crippen molar-refractivity contribution in [2.24, 2.45) is 5.16 Å². The SMILES string of the molecule is O=C(Nc1ccc2c(c1)N(Cc1cc(F)cc3c1OCOC3)C(=O)/C2=N\O)N1CCOCC1. The number of oxime groups is 1. The summed E-state index contributed by atoms with van der Waals surface area (Å²) in [6.07, 6.45) is 0. The predicted molar refractivity (Wildman–Crippen MR) is 114 cm³/mol. The minimum Gasteiger partial charge on any atom is -0.467 e. The molecule has 172 valence electrons. The Morgan fingerprint density at radius 3 is 2.79 bits per heavy atom. The zero-order chi connectivity index (χ0) is 22.9. The van der Waals surface area contributed by atoms with Crippen molar-refractivity contribution in [1.29, 1.82) is 0 Å². The Bertz CT molecular complexity index is 1150. The van der Waals surface area contributed by atoms with Crippen LogP contribution in [0.4, 0.5) is 20.6 Å². The number of rotatable bonds is 3. The maximum Gasteiger partial charge on any atom is 0.322 e. The van der Waals surface area contributed by atoms with Crippen LogP contribution in [0, 0.1) is 5.82 Å². The summed E-state index contributed by atoms with van der Waals surface area (Å²) in [4.78, 5) is 28.6. The van der Waals surface area contributed by atoms with Crippen molar-refractivity contribution in [3.8, 4) is 5.75 Å². The van der Waals surface area contributed by atoms with E-state index in [0.717, 1.165) is 0 Å². The Labute approximate surface area is 188 Å². The Kier molecular flexibility index (Phi) is 5.56. The number of hydrogen-bond acceptors (Lipinski definition) is 7. The van der Waals surface area contributed by atoms with Crippen LogP contribution >= 0.6 is 0 Å². The highest BCUT2D eigenvalue weighted by Gasteiger charge is 2.36. The molecule has 0 radical (unpaired) electrons. The minimum atomic E-state index is -0.547. The summed E-state index contributed by atoms with van der Waals surface area (Å²) in [6.45, 7) is 2.12. The smallest absolute Gasteiger partial charge is 0.322 e. The van der Waals surface area contributed by atoms with Crippen LogP contribution in [0.2, 0.25) is 0 Å². The van der Waals surface area contributed by atoms with Gasteiger partial charge in [0.2, 0.25) is 0 Å². The van der Waals surface area contributed by atoms with Gasteiger partial charge in [-0.05, 0) is 30.3 Å². The monoisotopic (exact) mass is 456 g/mol. The number of ether oxygens (including phenoxy) is 3. The van der Waals surface area contributed by atoms with Crippen molar-refractivity contribution in [1.82, 2.24) is 4.90 Å². The van der Waals surface area contributed by atoms with Crippen molar-refractivity contribution in [3.05, 3.63) is 52.8 Å². The average molecular weight is 456 g/mol. The molecule has 0 spiro atoms. The van der Waals surface area contributed by atoms with Crippen LogP contribution < -0.4 is 15.0 Å². The molecule has 3 aliphatic rings. The second-order valence-corrected chi connectivity index (χ2v) is 7.77. The molecule has 3 aliphatic heterocycles. The largest absolute Gasteiger partial charge is 0.467 e. The van der Waals surface area contributed by atoms with Gasteiger partial charge >= 0.3 is 6.03 Å². The van der Waals surface area contributed by atoms with Gasteiger partial charge in [-0.15, -0.1) is 0 Å². The third-order valence-electron chi connectivity index (χ3n) is 5.72. The molecule has 3 amide bonds. The highest BCUT2D eigenvalue weighted by molar-refractivity contribution is 6.54. The van der Waals surface area contributed by atoms with Crippen LogP contribution in [0.3, 0.4) is 0 Å². The molecule has 2 aromatic rings. The Morgan fingerprint density at radius 1 is 1.18 bits per heavy atom. The number of nitrogens with zero attached hydrogens (tertiary/aromatic N) is 3. The molecule has 10 nitrogen and oxygen atoms in total. The van der Waals surface area contributed by atoms with Gasteiger partial charge in [-0.2, -0.15) is 0 Å². The number of halogens is 1. The van der Waals surface area contributed by atoms with Crippen molar-refractivity contribution in [2.75, 3.05) is 43.3 Å². The quantitative estimate of drug-likeness (QED) is 0.541. The Balaban J connectivity index is 1.46. The molecule has 5 rings (SSSR count). The fourth-order valence-electron chi connectivity index (χ4n) is 4.15. The lowest BCUT2D eigenvalue weighted by Crippen LogP contribution is -2.43. The van der Waals surface area contributed by atoms with E-state index in [1.54, 1.807) is 23.1 Å². The summed E-state index contributed by atoms with van der Waals surface area (Å²) in [7, 11) is 0. The normalized spacial score (nSPS) is 18.7. The summed E-state index contributed by atoms with van der Waals surface area (Å²) in [5.74, 6) is -0.565. The minimum absolute atomic E-state index is 0.0220. The number of anilines is 2. The zero-order valence-corrected chi connectivity index (χ0v) is 17.5. The number of hydrogen-bond donors (Lipinski definition) is 2. The van der Waals surface area contributed by atoms with E-state index in [4.69, 9.17) is 14.2 Å². The molecular formula is C22H21FN4O6. The van der Waals surface area contributed by atoms with Gasteiger partial charge in [-0.25, -0.2) is 9.18 Å². The van der Waals surface area contributed by atoms with Crippen LogP contribution in [-0.4, -0.2) is 60.9 Å². The molecule has 0 atom stereocenters. The van der Waals surface area contributed by atoms with Gasteiger partial charge in [0.05, 0.1) is 32.1 Å². The lowest BCUT2D eigenvalue weighted by atomic mass is 10.1. The first kappa shape index (κ1) is 21.2. The van der Waals surface area contributed by atoms with Gasteiger partial charge in [0.1, 0.15) is 11.6 Å². The average Bonchev–Trinajstić information content (AvgIpc) is 3.09. The van der Waals surface area contributed by atoms with Gasteiger partial charge in [-0.1, -0.05) is 5.16 Å². The maximum atomic E-state index is 14.2. The Hall–Kier alpha value is -3.70. The van der Waals surface area contributed by atoms with E-state index in [1.165, 1.54) is 17.0 Å². The molecule has 3 heterocycles. The highest BCUT2D eigenvalue weighted by Crippen LogP contribution is 2.36. The molecule has 0 aliphatic carbocycles. The van der Waals surface area contributed by atoms with Gasteiger partial charge in [-0.3, -0.25) is 4.79 Å². The lowest BCUT2D eigenvalue weighted by Gasteiger charge is -2.27. The van der Waals surface area contributed by atoms with Crippen molar-refractivity contribution in [2.45, 2.75) is 13.2 Å². The fraction of sp³-hybridized carbons (Fsp3) is 0.318. The number of carbonyl (C=O) groups excluding carboxylic acids is 2. The third kappa shape index (κ3) is 3.96. The number of morpholine rings is 1. The number of nitrogens with one attached hydrogen (secondary N) is 1. The van der Waals surface area contributed by atoms with Crippen LogP contribution in [0.25, 0.3) is 0 Å². The molecule has 11 heteroatoms. The number of fused-ring (bicyclic) bond motifs is 2. The van der Waals surface area contributed by atoms with Crippen LogP contribution in [0.1, 0.15) is 16.7 Å². The van der Waals surface area contributed by atoms with Crippen molar-refractivity contribution < 1.29 is 33.4 Å². The number of amides is 3. The number of carbonyl (C=O) groups is 2. The summed E-state index contributed by atoms with van der Waals surface area (Å²) >= 11 is 0. The summed E-state index contributed by atoms with van der Waals surface area (Å²) in [5.41, 5.74) is 2.16. The van der Waals surface area contributed by atoms with Gasteiger partial charge in [0.25, 0.3) is 5.91 Å². The molecule has 1 fully saturated rings. The summed E-state index contributed by atoms with van der Waals surface area (Å²) < 4.78 is 30.3. The van der Waals surface area contributed by atoms with Crippen molar-refractivity contribution >= 4 is 29.0 Å². The zero-order valence-electron chi connectivity index (χ0n) is 17.5. The highest BCUT2D eigenvalue weighted by atomic mass is 19.1. The Morgan fingerprint density at radius 2 is 2.00 bits per heavy atom. The number of benzene rings is 2. The topological polar surface area (TPSA) is 113 Å². The first-order valence-electron chi connectivity index (χ1n) is 10.4. The standard InChI is InChI=1S/C22H21FN4O6/c23-15-7-13(20-14(8-15)11-32-12-33-20)10-27-18-9-16(1-2-17(18)19(25-30)21(27)28)24-22(29)26-3-5-31-6-4-26/h1-2,7-9,30H,3-6,10-12H2,(H,24,29)/b25-19-. The predicted octanol–water partition coefficient (Wildman–Crippen LogP) is 2.28.